The van der Waals surface area contributed by atoms with Gasteiger partial charge in [-0.2, -0.15) is 0 Å². The average molecular weight is 253 g/mol. The van der Waals surface area contributed by atoms with Crippen LogP contribution in [-0.4, -0.2) is 20.5 Å². The van der Waals surface area contributed by atoms with Gasteiger partial charge in [0.15, 0.2) is 0 Å². The Morgan fingerprint density at radius 3 is 2.82 bits per heavy atom. The normalized spacial score (nSPS) is 11.3. The van der Waals surface area contributed by atoms with Crippen molar-refractivity contribution in [3.63, 3.8) is 0 Å². The molecule has 0 aliphatic rings. The van der Waals surface area contributed by atoms with Gasteiger partial charge in [-0.15, -0.1) is 0 Å². The summed E-state index contributed by atoms with van der Waals surface area (Å²) in [5.41, 5.74) is 2.14. The topological polar surface area (TPSA) is 54.6 Å². The number of carboxylic acids is 1. The summed E-state index contributed by atoms with van der Waals surface area (Å²) in [6.45, 7) is 3.97. The largest absolute Gasteiger partial charge is 0.481 e. The van der Waals surface area contributed by atoms with E-state index in [2.05, 4.69) is 4.98 Å². The first-order valence-electron chi connectivity index (χ1n) is 5.38. The van der Waals surface area contributed by atoms with Crippen molar-refractivity contribution < 1.29 is 9.90 Å². The third-order valence-corrected chi connectivity index (χ3v) is 2.88. The number of aliphatic carboxylic acids is 1. The lowest BCUT2D eigenvalue weighted by molar-refractivity contribution is -0.136. The predicted molar refractivity (Wildman–Crippen MR) is 65.6 cm³/mol. The number of nitrogens with zero attached hydrogens (tertiary/aromatic N) is 2. The highest BCUT2D eigenvalue weighted by atomic mass is 35.5. The van der Waals surface area contributed by atoms with Gasteiger partial charge in [0.25, 0.3) is 0 Å². The summed E-state index contributed by atoms with van der Waals surface area (Å²) in [5.74, 6) is -0.714. The molecule has 0 aromatic carbocycles. The zero-order chi connectivity index (χ0) is 12.6. The van der Waals surface area contributed by atoms with Gasteiger partial charge >= 0.3 is 5.97 Å². The lowest BCUT2D eigenvalue weighted by atomic mass is 10.1. The first kappa shape index (κ1) is 11.9. The van der Waals surface area contributed by atoms with E-state index < -0.39 is 5.97 Å². The Balaban J connectivity index is 2.73. The molecule has 0 aliphatic carbocycles. The Morgan fingerprint density at radius 2 is 2.24 bits per heavy atom. The molecule has 0 radical (unpaired) electrons. The molecule has 0 unspecified atom stereocenters. The van der Waals surface area contributed by atoms with Crippen LogP contribution < -0.4 is 0 Å². The number of fused-ring (bicyclic) bond motifs is 1. The van der Waals surface area contributed by atoms with Crippen molar-refractivity contribution in [1.29, 1.82) is 0 Å². The van der Waals surface area contributed by atoms with Gasteiger partial charge in [-0.3, -0.25) is 9.20 Å². The Hall–Kier alpha value is -1.55. The zero-order valence-electron chi connectivity index (χ0n) is 9.64. The van der Waals surface area contributed by atoms with E-state index in [1.807, 2.05) is 19.9 Å². The van der Waals surface area contributed by atoms with Crippen LogP contribution in [0.5, 0.6) is 0 Å². The van der Waals surface area contributed by atoms with Crippen molar-refractivity contribution in [2.24, 2.45) is 0 Å². The van der Waals surface area contributed by atoms with E-state index in [1.54, 1.807) is 16.5 Å². The minimum absolute atomic E-state index is 0.0710. The monoisotopic (exact) mass is 252 g/mol. The number of carboxylic acid groups (broad SMARTS) is 1. The second-order valence-corrected chi connectivity index (χ2v) is 4.60. The van der Waals surface area contributed by atoms with Crippen LogP contribution in [0, 0.1) is 0 Å². The summed E-state index contributed by atoms with van der Waals surface area (Å²) >= 11 is 6.09. The van der Waals surface area contributed by atoms with Crippen molar-refractivity contribution in [3.8, 4) is 0 Å². The predicted octanol–water partition coefficient (Wildman–Crippen LogP) is 2.74. The molecular weight excluding hydrogens is 240 g/mol. The number of aromatic nitrogens is 2. The van der Waals surface area contributed by atoms with Crippen molar-refractivity contribution in [1.82, 2.24) is 9.38 Å². The summed E-state index contributed by atoms with van der Waals surface area (Å²) in [4.78, 5) is 15.4. The van der Waals surface area contributed by atoms with Crippen LogP contribution in [0.3, 0.4) is 0 Å². The molecule has 0 bridgehead atoms. The smallest absolute Gasteiger partial charge is 0.309 e. The SMILES string of the molecule is CC(C)c1nc2cccc(Cl)n2c1CC(=O)O. The van der Waals surface area contributed by atoms with Crippen molar-refractivity contribution >= 4 is 23.2 Å². The molecule has 0 amide bonds. The van der Waals surface area contributed by atoms with E-state index in [0.717, 1.165) is 5.69 Å². The second-order valence-electron chi connectivity index (χ2n) is 4.21. The van der Waals surface area contributed by atoms with Gasteiger partial charge in [0.05, 0.1) is 17.8 Å². The van der Waals surface area contributed by atoms with Crippen LogP contribution in [0.4, 0.5) is 0 Å². The lowest BCUT2D eigenvalue weighted by Crippen LogP contribution is -2.07. The van der Waals surface area contributed by atoms with Crippen LogP contribution in [-0.2, 0) is 11.2 Å². The van der Waals surface area contributed by atoms with E-state index >= 15 is 0 Å². The molecule has 0 fully saturated rings. The fourth-order valence-corrected chi connectivity index (χ4v) is 2.17. The van der Waals surface area contributed by atoms with E-state index in [1.165, 1.54) is 0 Å². The molecule has 1 N–H and O–H groups in total. The van der Waals surface area contributed by atoms with E-state index in [9.17, 15) is 4.79 Å². The first-order valence-corrected chi connectivity index (χ1v) is 5.76. The number of rotatable bonds is 3. The van der Waals surface area contributed by atoms with Crippen LogP contribution in [0.25, 0.3) is 5.65 Å². The number of hydrogen-bond donors (Lipinski definition) is 1. The maximum Gasteiger partial charge on any atom is 0.309 e. The molecule has 17 heavy (non-hydrogen) atoms. The zero-order valence-corrected chi connectivity index (χ0v) is 10.4. The quantitative estimate of drug-likeness (QED) is 0.855. The van der Waals surface area contributed by atoms with Gasteiger partial charge in [-0.05, 0) is 18.1 Å². The van der Waals surface area contributed by atoms with Gasteiger partial charge in [-0.25, -0.2) is 4.98 Å². The van der Waals surface area contributed by atoms with Crippen LogP contribution in [0.1, 0.15) is 31.2 Å². The Kier molecular flexibility index (Phi) is 3.07. The number of halogens is 1. The number of pyridine rings is 1. The molecular formula is C12H13ClN2O2. The third-order valence-electron chi connectivity index (χ3n) is 2.59. The maximum absolute atomic E-state index is 10.9. The summed E-state index contributed by atoms with van der Waals surface area (Å²) < 4.78 is 1.70. The average Bonchev–Trinajstić information content (AvgIpc) is 2.57. The molecule has 2 heterocycles. The molecule has 0 saturated carbocycles. The highest BCUT2D eigenvalue weighted by molar-refractivity contribution is 6.29. The van der Waals surface area contributed by atoms with Crippen molar-refractivity contribution in [3.05, 3.63) is 34.7 Å². The number of carbonyl (C=O) groups is 1. The fourth-order valence-electron chi connectivity index (χ4n) is 1.90. The van der Waals surface area contributed by atoms with E-state index in [4.69, 9.17) is 16.7 Å². The van der Waals surface area contributed by atoms with Gasteiger partial charge in [-0.1, -0.05) is 31.5 Å². The summed E-state index contributed by atoms with van der Waals surface area (Å²) in [6.07, 6.45) is -0.0710. The van der Waals surface area contributed by atoms with E-state index in [-0.39, 0.29) is 12.3 Å². The van der Waals surface area contributed by atoms with Crippen LogP contribution in [0.2, 0.25) is 5.15 Å². The Bertz CT molecular complexity index is 575. The highest BCUT2D eigenvalue weighted by Crippen LogP contribution is 2.24. The van der Waals surface area contributed by atoms with Gasteiger partial charge in [0.2, 0.25) is 0 Å². The summed E-state index contributed by atoms with van der Waals surface area (Å²) in [5, 5.41) is 9.44. The minimum atomic E-state index is -0.881. The van der Waals surface area contributed by atoms with Gasteiger partial charge in [0, 0.05) is 0 Å². The second kappa shape index (κ2) is 4.37. The fraction of sp³-hybridized carbons (Fsp3) is 0.333. The molecule has 2 aromatic heterocycles. The highest BCUT2D eigenvalue weighted by Gasteiger charge is 2.18. The molecule has 4 nitrogen and oxygen atoms in total. The molecule has 0 aliphatic heterocycles. The molecule has 2 aromatic rings. The van der Waals surface area contributed by atoms with Gasteiger partial charge < -0.3 is 5.11 Å². The molecule has 0 spiro atoms. The van der Waals surface area contributed by atoms with Crippen molar-refractivity contribution in [2.45, 2.75) is 26.2 Å². The molecule has 0 atom stereocenters. The van der Waals surface area contributed by atoms with E-state index in [0.29, 0.717) is 16.5 Å². The molecule has 2 rings (SSSR count). The first-order chi connectivity index (χ1) is 8.00. The lowest BCUT2D eigenvalue weighted by Gasteiger charge is -2.05. The minimum Gasteiger partial charge on any atom is -0.481 e. The van der Waals surface area contributed by atoms with Crippen LogP contribution in [0.15, 0.2) is 18.2 Å². The Morgan fingerprint density at radius 1 is 1.53 bits per heavy atom. The summed E-state index contributed by atoms with van der Waals surface area (Å²) in [6, 6.07) is 5.36. The number of imidazole rings is 1. The third kappa shape index (κ3) is 2.13. The molecule has 0 saturated heterocycles. The molecule has 90 valence electrons. The number of hydrogen-bond acceptors (Lipinski definition) is 2. The molecule has 5 heteroatoms. The van der Waals surface area contributed by atoms with Crippen LogP contribution >= 0.6 is 11.6 Å². The van der Waals surface area contributed by atoms with Crippen molar-refractivity contribution in [2.75, 3.05) is 0 Å². The van der Waals surface area contributed by atoms with Gasteiger partial charge in [0.1, 0.15) is 10.8 Å². The standard InChI is InChI=1S/C12H13ClN2O2/c1-7(2)12-8(6-11(16)17)15-9(13)4-3-5-10(15)14-12/h3-5,7H,6H2,1-2H3,(H,16,17). The Labute approximate surface area is 104 Å². The summed E-state index contributed by atoms with van der Waals surface area (Å²) in [7, 11) is 0. The maximum atomic E-state index is 10.9.